The van der Waals surface area contributed by atoms with Gasteiger partial charge in [0.1, 0.15) is 5.82 Å². The van der Waals surface area contributed by atoms with Crippen molar-refractivity contribution < 1.29 is 4.79 Å². The molecular weight excluding hydrogens is 346 g/mol. The van der Waals surface area contributed by atoms with E-state index in [4.69, 9.17) is 0 Å². The molecule has 0 unspecified atom stereocenters. The molecule has 2 aromatic heterocycles. The third kappa shape index (κ3) is 3.64. The lowest BCUT2D eigenvalue weighted by Gasteiger charge is -2.22. The van der Waals surface area contributed by atoms with E-state index in [1.165, 1.54) is 0 Å². The van der Waals surface area contributed by atoms with E-state index in [2.05, 4.69) is 19.4 Å². The van der Waals surface area contributed by atoms with E-state index in [1.807, 2.05) is 48.1 Å². The molecule has 0 N–H and O–H groups in total. The number of hydrogen-bond donors (Lipinski definition) is 0. The summed E-state index contributed by atoms with van der Waals surface area (Å²) in [4.78, 5) is 26.0. The Morgan fingerprint density at radius 1 is 1.19 bits per heavy atom. The van der Waals surface area contributed by atoms with Gasteiger partial charge in [-0.25, -0.2) is 9.97 Å². The van der Waals surface area contributed by atoms with Gasteiger partial charge in [-0.1, -0.05) is 0 Å². The summed E-state index contributed by atoms with van der Waals surface area (Å²) in [5.74, 6) is 1.23. The Hall–Kier alpha value is -2.25. The van der Waals surface area contributed by atoms with E-state index in [1.54, 1.807) is 11.3 Å². The summed E-state index contributed by atoms with van der Waals surface area (Å²) in [7, 11) is 2.03. The van der Waals surface area contributed by atoms with Crippen LogP contribution in [0, 0.1) is 0 Å². The summed E-state index contributed by atoms with van der Waals surface area (Å²) < 4.78 is 3.19. The van der Waals surface area contributed by atoms with Gasteiger partial charge in [0.25, 0.3) is 5.91 Å². The molecule has 0 bridgehead atoms. The summed E-state index contributed by atoms with van der Waals surface area (Å²) in [6.07, 6.45) is 5.78. The van der Waals surface area contributed by atoms with E-state index in [9.17, 15) is 4.79 Å². The number of hydrogen-bond acceptors (Lipinski definition) is 5. The van der Waals surface area contributed by atoms with Crippen LogP contribution in [0.5, 0.6) is 0 Å². The number of fused-ring (bicyclic) bond motifs is 1. The third-order valence-corrected chi connectivity index (χ3v) is 5.84. The highest BCUT2D eigenvalue weighted by molar-refractivity contribution is 7.16. The van der Waals surface area contributed by atoms with Gasteiger partial charge in [-0.2, -0.15) is 0 Å². The van der Waals surface area contributed by atoms with Gasteiger partial charge in [-0.15, -0.1) is 11.3 Å². The van der Waals surface area contributed by atoms with Crippen LogP contribution >= 0.6 is 11.3 Å². The van der Waals surface area contributed by atoms with Crippen LogP contribution in [0.2, 0.25) is 0 Å². The van der Waals surface area contributed by atoms with Crippen molar-refractivity contribution in [3.63, 3.8) is 0 Å². The second kappa shape index (κ2) is 7.55. The molecule has 26 heavy (non-hydrogen) atoms. The summed E-state index contributed by atoms with van der Waals surface area (Å²) in [6.45, 7) is 4.51. The lowest BCUT2D eigenvalue weighted by molar-refractivity contribution is 0.0761. The summed E-state index contributed by atoms with van der Waals surface area (Å²) in [5, 5.41) is 0. The van der Waals surface area contributed by atoms with Gasteiger partial charge >= 0.3 is 0 Å². The zero-order valence-electron chi connectivity index (χ0n) is 15.0. The van der Waals surface area contributed by atoms with E-state index in [0.717, 1.165) is 67.2 Å². The lowest BCUT2D eigenvalue weighted by atomic mass is 10.2. The number of amides is 1. The van der Waals surface area contributed by atoms with Gasteiger partial charge < -0.3 is 14.4 Å². The Morgan fingerprint density at radius 3 is 2.96 bits per heavy atom. The van der Waals surface area contributed by atoms with Gasteiger partial charge in [0.05, 0.1) is 15.7 Å². The molecule has 0 aliphatic carbocycles. The number of thiazole rings is 1. The minimum absolute atomic E-state index is 0.117. The largest absolute Gasteiger partial charge is 0.338 e. The first-order chi connectivity index (χ1) is 12.7. The monoisotopic (exact) mass is 369 g/mol. The van der Waals surface area contributed by atoms with Crippen LogP contribution in [-0.4, -0.2) is 63.0 Å². The number of carbonyl (C=O) groups excluding carboxylic acids is 1. The van der Waals surface area contributed by atoms with Crippen molar-refractivity contribution in [2.75, 3.05) is 32.7 Å². The van der Waals surface area contributed by atoms with Crippen molar-refractivity contribution in [3.8, 4) is 0 Å². The molecule has 0 saturated carbocycles. The molecule has 3 heterocycles. The van der Waals surface area contributed by atoms with Crippen molar-refractivity contribution >= 4 is 27.5 Å². The number of benzene rings is 1. The van der Waals surface area contributed by atoms with Crippen LogP contribution < -0.4 is 0 Å². The van der Waals surface area contributed by atoms with Crippen molar-refractivity contribution in [2.24, 2.45) is 7.05 Å². The second-order valence-corrected chi connectivity index (χ2v) is 7.61. The maximum absolute atomic E-state index is 12.9. The fourth-order valence-electron chi connectivity index (χ4n) is 3.47. The minimum Gasteiger partial charge on any atom is -0.338 e. The SMILES string of the molecule is Cn1ccnc1CCN1CCCN(C(=O)c2ccc3scnc3c2)CC1. The molecular formula is C19H23N5OS. The van der Waals surface area contributed by atoms with Crippen LogP contribution in [0.3, 0.4) is 0 Å². The molecule has 1 saturated heterocycles. The topological polar surface area (TPSA) is 54.3 Å². The third-order valence-electron chi connectivity index (χ3n) is 5.03. The maximum Gasteiger partial charge on any atom is 0.253 e. The van der Waals surface area contributed by atoms with Crippen LogP contribution in [0.25, 0.3) is 10.2 Å². The average Bonchev–Trinajstić information content (AvgIpc) is 3.22. The van der Waals surface area contributed by atoms with Crippen molar-refractivity contribution in [1.82, 2.24) is 24.3 Å². The van der Waals surface area contributed by atoms with E-state index >= 15 is 0 Å². The van der Waals surface area contributed by atoms with E-state index < -0.39 is 0 Å². The van der Waals surface area contributed by atoms with Crippen molar-refractivity contribution in [3.05, 3.63) is 47.5 Å². The van der Waals surface area contributed by atoms with Crippen LogP contribution in [-0.2, 0) is 13.5 Å². The highest BCUT2D eigenvalue weighted by Gasteiger charge is 2.21. The molecule has 1 fully saturated rings. The summed E-state index contributed by atoms with van der Waals surface area (Å²) in [5.41, 5.74) is 3.47. The quantitative estimate of drug-likeness (QED) is 0.709. The predicted octanol–water partition coefficient (Wildman–Crippen LogP) is 2.42. The first-order valence-corrected chi connectivity index (χ1v) is 9.90. The van der Waals surface area contributed by atoms with Crippen molar-refractivity contribution in [1.29, 1.82) is 0 Å². The highest BCUT2D eigenvalue weighted by atomic mass is 32.1. The molecule has 0 atom stereocenters. The first kappa shape index (κ1) is 17.2. The number of carbonyl (C=O) groups is 1. The minimum atomic E-state index is 0.117. The van der Waals surface area contributed by atoms with Gasteiger partial charge in [0, 0.05) is 57.6 Å². The normalized spacial score (nSPS) is 16.1. The molecule has 0 radical (unpaired) electrons. The smallest absolute Gasteiger partial charge is 0.253 e. The molecule has 7 heteroatoms. The standard InChI is InChI=1S/C19H23N5OS/c1-22-10-6-20-18(22)5-9-23-7-2-8-24(12-11-23)19(25)15-3-4-17-16(13-15)21-14-26-17/h3-4,6,10,13-14H,2,5,7-9,11-12H2,1H3. The molecule has 6 nitrogen and oxygen atoms in total. The molecule has 0 spiro atoms. The number of nitrogens with zero attached hydrogens (tertiary/aromatic N) is 5. The average molecular weight is 369 g/mol. The number of rotatable bonds is 4. The lowest BCUT2D eigenvalue weighted by Crippen LogP contribution is -2.35. The molecule has 136 valence electrons. The molecule has 1 aliphatic heterocycles. The Kier molecular flexibility index (Phi) is 4.99. The van der Waals surface area contributed by atoms with E-state index in [-0.39, 0.29) is 5.91 Å². The van der Waals surface area contributed by atoms with Gasteiger partial charge in [0.2, 0.25) is 0 Å². The maximum atomic E-state index is 12.9. The zero-order valence-corrected chi connectivity index (χ0v) is 15.8. The summed E-state index contributed by atoms with van der Waals surface area (Å²) >= 11 is 1.60. The molecule has 1 aliphatic rings. The molecule has 4 rings (SSSR count). The van der Waals surface area contributed by atoms with Crippen LogP contribution in [0.1, 0.15) is 22.6 Å². The fourth-order valence-corrected chi connectivity index (χ4v) is 4.13. The molecule has 1 amide bonds. The molecule has 3 aromatic rings. The van der Waals surface area contributed by atoms with Crippen LogP contribution in [0.15, 0.2) is 36.1 Å². The predicted molar refractivity (Wildman–Crippen MR) is 103 cm³/mol. The van der Waals surface area contributed by atoms with Gasteiger partial charge in [0.15, 0.2) is 0 Å². The Morgan fingerprint density at radius 2 is 2.12 bits per heavy atom. The first-order valence-electron chi connectivity index (χ1n) is 9.02. The summed E-state index contributed by atoms with van der Waals surface area (Å²) in [6, 6.07) is 5.84. The van der Waals surface area contributed by atoms with E-state index in [0.29, 0.717) is 0 Å². The Bertz CT molecular complexity index is 902. The van der Waals surface area contributed by atoms with Gasteiger partial charge in [-0.3, -0.25) is 4.79 Å². The van der Waals surface area contributed by atoms with Crippen molar-refractivity contribution in [2.45, 2.75) is 12.8 Å². The fraction of sp³-hybridized carbons (Fsp3) is 0.421. The zero-order chi connectivity index (χ0) is 17.9. The molecule has 1 aromatic carbocycles. The highest BCUT2D eigenvalue weighted by Crippen LogP contribution is 2.20. The number of aryl methyl sites for hydroxylation is 1. The Balaban J connectivity index is 1.36. The Labute approximate surface area is 157 Å². The van der Waals surface area contributed by atoms with Crippen LogP contribution in [0.4, 0.5) is 0 Å². The van der Waals surface area contributed by atoms with Gasteiger partial charge in [-0.05, 0) is 31.2 Å². The number of imidazole rings is 1. The number of aromatic nitrogens is 3. The second-order valence-electron chi connectivity index (χ2n) is 6.73.